The van der Waals surface area contributed by atoms with Gasteiger partial charge in [0.25, 0.3) is 0 Å². The summed E-state index contributed by atoms with van der Waals surface area (Å²) in [5, 5.41) is 9.42. The van der Waals surface area contributed by atoms with Gasteiger partial charge in [0.1, 0.15) is 0 Å². The van der Waals surface area contributed by atoms with Gasteiger partial charge in [-0.25, -0.2) is 0 Å². The quantitative estimate of drug-likeness (QED) is 0.348. The Bertz CT molecular complexity index is 336. The summed E-state index contributed by atoms with van der Waals surface area (Å²) in [6.07, 6.45) is 8.15. The number of guanidine groups is 1. The van der Waals surface area contributed by atoms with Crippen LogP contribution in [0.4, 0.5) is 0 Å². The van der Waals surface area contributed by atoms with Gasteiger partial charge in [0, 0.05) is 32.1 Å². The van der Waals surface area contributed by atoms with Crippen molar-refractivity contribution < 1.29 is 4.79 Å². The van der Waals surface area contributed by atoms with Gasteiger partial charge in [-0.05, 0) is 25.7 Å². The van der Waals surface area contributed by atoms with Crippen LogP contribution in [0.2, 0.25) is 0 Å². The van der Waals surface area contributed by atoms with Crippen molar-refractivity contribution in [3.05, 3.63) is 0 Å². The van der Waals surface area contributed by atoms with Crippen molar-refractivity contribution >= 4 is 11.9 Å². The third kappa shape index (κ3) is 8.25. The van der Waals surface area contributed by atoms with Gasteiger partial charge < -0.3 is 16.0 Å². The number of carbonyl (C=O) groups excluding carboxylic acids is 1. The van der Waals surface area contributed by atoms with Crippen LogP contribution in [0.1, 0.15) is 59.3 Å². The second kappa shape index (κ2) is 11.3. The van der Waals surface area contributed by atoms with E-state index in [4.69, 9.17) is 0 Å². The molecule has 128 valence electrons. The van der Waals surface area contributed by atoms with E-state index >= 15 is 0 Å². The molecular formula is C17H34N4O. The molecule has 0 bridgehead atoms. The number of carbonyl (C=O) groups is 1. The molecule has 0 unspecified atom stereocenters. The highest BCUT2D eigenvalue weighted by Crippen LogP contribution is 2.28. The average Bonchev–Trinajstić information content (AvgIpc) is 3.00. The van der Waals surface area contributed by atoms with Crippen LogP contribution >= 0.6 is 0 Å². The van der Waals surface area contributed by atoms with Crippen LogP contribution in [0, 0.1) is 11.8 Å². The summed E-state index contributed by atoms with van der Waals surface area (Å²) < 4.78 is 0. The first-order valence-corrected chi connectivity index (χ1v) is 8.93. The Labute approximate surface area is 135 Å². The van der Waals surface area contributed by atoms with Gasteiger partial charge in [0.15, 0.2) is 5.96 Å². The molecule has 5 heteroatoms. The van der Waals surface area contributed by atoms with Crippen molar-refractivity contribution in [1.29, 1.82) is 0 Å². The molecule has 3 N–H and O–H groups in total. The summed E-state index contributed by atoms with van der Waals surface area (Å²) in [4.78, 5) is 16.1. The maximum absolute atomic E-state index is 11.5. The fraction of sp³-hybridized carbons (Fsp3) is 0.882. The maximum Gasteiger partial charge on any atom is 0.222 e. The Balaban J connectivity index is 2.16. The molecule has 0 radical (unpaired) electrons. The Kier molecular flexibility index (Phi) is 9.67. The van der Waals surface area contributed by atoms with Crippen LogP contribution < -0.4 is 16.0 Å². The lowest BCUT2D eigenvalue weighted by Gasteiger charge is -2.13. The van der Waals surface area contributed by atoms with E-state index < -0.39 is 0 Å². The lowest BCUT2D eigenvalue weighted by atomic mass is 10.0. The number of aliphatic imine (C=N–C) groups is 1. The summed E-state index contributed by atoms with van der Waals surface area (Å²) >= 11 is 0. The lowest BCUT2D eigenvalue weighted by molar-refractivity contribution is -0.123. The minimum atomic E-state index is 0.0393. The predicted octanol–water partition coefficient (Wildman–Crippen LogP) is 2.28. The van der Waals surface area contributed by atoms with Crippen molar-refractivity contribution in [3.63, 3.8) is 0 Å². The topological polar surface area (TPSA) is 65.5 Å². The van der Waals surface area contributed by atoms with E-state index in [0.717, 1.165) is 25.0 Å². The van der Waals surface area contributed by atoms with Crippen LogP contribution in [-0.2, 0) is 4.79 Å². The molecule has 0 aromatic heterocycles. The summed E-state index contributed by atoms with van der Waals surface area (Å²) in [6.45, 7) is 8.93. The Morgan fingerprint density at radius 2 is 1.82 bits per heavy atom. The summed E-state index contributed by atoms with van der Waals surface area (Å²) in [6, 6.07) is 0. The minimum Gasteiger partial charge on any atom is -0.357 e. The molecular weight excluding hydrogens is 276 g/mol. The van der Waals surface area contributed by atoms with Crippen molar-refractivity contribution in [3.8, 4) is 0 Å². The van der Waals surface area contributed by atoms with E-state index in [1.807, 2.05) is 13.8 Å². The largest absolute Gasteiger partial charge is 0.357 e. The Morgan fingerprint density at radius 3 is 2.45 bits per heavy atom. The second-order valence-electron chi connectivity index (χ2n) is 6.43. The third-order valence-electron chi connectivity index (χ3n) is 4.10. The lowest BCUT2D eigenvalue weighted by Crippen LogP contribution is -2.42. The molecule has 5 nitrogen and oxygen atoms in total. The van der Waals surface area contributed by atoms with Gasteiger partial charge in [0.2, 0.25) is 5.91 Å². The molecule has 0 aliphatic heterocycles. The molecule has 1 rings (SSSR count). The van der Waals surface area contributed by atoms with Crippen molar-refractivity contribution in [2.75, 3.05) is 26.2 Å². The third-order valence-corrected chi connectivity index (χ3v) is 4.10. The van der Waals surface area contributed by atoms with E-state index in [9.17, 15) is 4.79 Å². The monoisotopic (exact) mass is 310 g/mol. The zero-order chi connectivity index (χ0) is 16.2. The van der Waals surface area contributed by atoms with Crippen LogP contribution in [0.15, 0.2) is 4.99 Å². The molecule has 1 saturated carbocycles. The van der Waals surface area contributed by atoms with Gasteiger partial charge in [0.05, 0.1) is 0 Å². The molecule has 0 aromatic carbocycles. The van der Waals surface area contributed by atoms with E-state index in [1.54, 1.807) is 0 Å². The normalized spacial score (nSPS) is 16.1. The highest BCUT2D eigenvalue weighted by molar-refractivity contribution is 5.80. The fourth-order valence-electron chi connectivity index (χ4n) is 2.78. The molecule has 0 spiro atoms. The fourth-order valence-corrected chi connectivity index (χ4v) is 2.78. The summed E-state index contributed by atoms with van der Waals surface area (Å²) in [7, 11) is 0. The van der Waals surface area contributed by atoms with Crippen LogP contribution in [0.5, 0.6) is 0 Å². The molecule has 1 aliphatic rings. The average molecular weight is 310 g/mol. The van der Waals surface area contributed by atoms with Gasteiger partial charge in [-0.2, -0.15) is 0 Å². The van der Waals surface area contributed by atoms with Crippen LogP contribution in [0.25, 0.3) is 0 Å². The van der Waals surface area contributed by atoms with Gasteiger partial charge in [-0.3, -0.25) is 9.79 Å². The van der Waals surface area contributed by atoms with E-state index in [0.29, 0.717) is 13.1 Å². The SMILES string of the molecule is CCNC(=NCCCC1CCCC1)NCCNC(=O)C(C)C. The van der Waals surface area contributed by atoms with E-state index in [-0.39, 0.29) is 11.8 Å². The van der Waals surface area contributed by atoms with Gasteiger partial charge >= 0.3 is 0 Å². The van der Waals surface area contributed by atoms with Crippen LogP contribution in [-0.4, -0.2) is 38.0 Å². The molecule has 0 aromatic rings. The maximum atomic E-state index is 11.5. The second-order valence-corrected chi connectivity index (χ2v) is 6.43. The first-order valence-electron chi connectivity index (χ1n) is 8.93. The number of hydrogen-bond acceptors (Lipinski definition) is 2. The standard InChI is InChI=1S/C17H34N4O/c1-4-18-17(21-13-12-19-16(22)14(2)3)20-11-7-10-15-8-5-6-9-15/h14-15H,4-13H2,1-3H3,(H,19,22)(H2,18,20,21). The number of hydrogen-bond donors (Lipinski definition) is 3. The van der Waals surface area contributed by atoms with Gasteiger partial charge in [-0.1, -0.05) is 39.5 Å². The van der Waals surface area contributed by atoms with E-state index in [2.05, 4.69) is 27.9 Å². The first kappa shape index (κ1) is 18.8. The minimum absolute atomic E-state index is 0.0393. The van der Waals surface area contributed by atoms with Crippen molar-refractivity contribution in [1.82, 2.24) is 16.0 Å². The smallest absolute Gasteiger partial charge is 0.222 e. The van der Waals surface area contributed by atoms with Crippen LogP contribution in [0.3, 0.4) is 0 Å². The zero-order valence-corrected chi connectivity index (χ0v) is 14.6. The number of rotatable bonds is 9. The first-order chi connectivity index (χ1) is 10.6. The van der Waals surface area contributed by atoms with Crippen molar-refractivity contribution in [2.24, 2.45) is 16.8 Å². The molecule has 0 saturated heterocycles. The molecule has 1 fully saturated rings. The predicted molar refractivity (Wildman–Crippen MR) is 93.0 cm³/mol. The highest BCUT2D eigenvalue weighted by atomic mass is 16.1. The summed E-state index contributed by atoms with van der Waals surface area (Å²) in [5.74, 6) is 1.93. The number of amides is 1. The molecule has 22 heavy (non-hydrogen) atoms. The van der Waals surface area contributed by atoms with E-state index in [1.165, 1.54) is 38.5 Å². The molecule has 0 atom stereocenters. The van der Waals surface area contributed by atoms with Gasteiger partial charge in [-0.15, -0.1) is 0 Å². The Morgan fingerprint density at radius 1 is 1.14 bits per heavy atom. The molecule has 1 aliphatic carbocycles. The molecule has 0 heterocycles. The van der Waals surface area contributed by atoms with Crippen molar-refractivity contribution in [2.45, 2.75) is 59.3 Å². The number of nitrogens with one attached hydrogen (secondary N) is 3. The summed E-state index contributed by atoms with van der Waals surface area (Å²) in [5.41, 5.74) is 0. The Hall–Kier alpha value is -1.26. The molecule has 1 amide bonds. The number of nitrogens with zero attached hydrogens (tertiary/aromatic N) is 1. The highest BCUT2D eigenvalue weighted by Gasteiger charge is 2.13. The zero-order valence-electron chi connectivity index (χ0n) is 14.6.